The van der Waals surface area contributed by atoms with Gasteiger partial charge in [0, 0.05) is 25.2 Å². The van der Waals surface area contributed by atoms with Gasteiger partial charge in [0.05, 0.1) is 0 Å². The summed E-state index contributed by atoms with van der Waals surface area (Å²) in [6.07, 6.45) is 2.80. The number of carbonyl (C=O) groups is 1. The number of nitrogens with two attached hydrogens (primary N) is 1. The molecule has 1 fully saturated rings. The van der Waals surface area contributed by atoms with Crippen LogP contribution in [0.1, 0.15) is 44.6 Å². The lowest BCUT2D eigenvalue weighted by Crippen LogP contribution is -2.38. The Balaban J connectivity index is 1.88. The summed E-state index contributed by atoms with van der Waals surface area (Å²) < 4.78 is 0. The van der Waals surface area contributed by atoms with Crippen LogP contribution in [0.5, 0.6) is 0 Å². The van der Waals surface area contributed by atoms with Crippen molar-refractivity contribution < 1.29 is 4.79 Å². The molecule has 1 aromatic rings. The van der Waals surface area contributed by atoms with Gasteiger partial charge in [0.15, 0.2) is 0 Å². The third kappa shape index (κ3) is 3.72. The number of likely N-dealkylation sites (tertiary alicyclic amines) is 1. The lowest BCUT2D eigenvalue weighted by Gasteiger charge is -2.32. The Morgan fingerprint density at radius 1 is 1.26 bits per heavy atom. The van der Waals surface area contributed by atoms with Crippen molar-refractivity contribution in [2.24, 2.45) is 5.92 Å². The maximum absolute atomic E-state index is 12.0. The number of hydrogen-bond acceptors (Lipinski definition) is 2. The third-order valence-corrected chi connectivity index (χ3v) is 3.84. The number of nitrogen functional groups attached to an aromatic ring is 1. The molecule has 1 aromatic carbocycles. The highest BCUT2D eigenvalue weighted by atomic mass is 16.2. The van der Waals surface area contributed by atoms with Crippen LogP contribution in [0.4, 0.5) is 5.69 Å². The molecule has 0 atom stereocenters. The normalized spacial score (nSPS) is 16.9. The molecule has 0 radical (unpaired) electrons. The van der Waals surface area contributed by atoms with Gasteiger partial charge in [-0.25, -0.2) is 0 Å². The van der Waals surface area contributed by atoms with E-state index in [1.54, 1.807) is 0 Å². The Hall–Kier alpha value is -1.51. The number of piperidine rings is 1. The Morgan fingerprint density at radius 2 is 1.84 bits per heavy atom. The number of rotatable bonds is 3. The van der Waals surface area contributed by atoms with Gasteiger partial charge in [-0.2, -0.15) is 0 Å². The highest BCUT2D eigenvalue weighted by Crippen LogP contribution is 2.28. The van der Waals surface area contributed by atoms with Crippen LogP contribution in [0, 0.1) is 5.92 Å². The van der Waals surface area contributed by atoms with E-state index >= 15 is 0 Å². The predicted molar refractivity (Wildman–Crippen MR) is 78.9 cm³/mol. The molecule has 0 bridgehead atoms. The van der Waals surface area contributed by atoms with E-state index in [9.17, 15) is 4.79 Å². The van der Waals surface area contributed by atoms with E-state index in [0.717, 1.165) is 31.6 Å². The number of nitrogens with zero attached hydrogens (tertiary/aromatic N) is 1. The molecule has 2 N–H and O–H groups in total. The second-order valence-electron chi connectivity index (χ2n) is 5.92. The Labute approximate surface area is 115 Å². The number of amides is 1. The smallest absolute Gasteiger partial charge is 0.222 e. The van der Waals surface area contributed by atoms with E-state index in [1.165, 1.54) is 5.56 Å². The molecule has 2 rings (SSSR count). The van der Waals surface area contributed by atoms with Crippen molar-refractivity contribution in [2.75, 3.05) is 18.8 Å². The van der Waals surface area contributed by atoms with Crippen molar-refractivity contribution in [1.29, 1.82) is 0 Å². The maximum Gasteiger partial charge on any atom is 0.222 e. The van der Waals surface area contributed by atoms with Crippen molar-refractivity contribution in [3.63, 3.8) is 0 Å². The van der Waals surface area contributed by atoms with Crippen molar-refractivity contribution in [3.05, 3.63) is 29.8 Å². The van der Waals surface area contributed by atoms with Gasteiger partial charge in [0.25, 0.3) is 0 Å². The van der Waals surface area contributed by atoms with Crippen molar-refractivity contribution in [2.45, 2.75) is 39.0 Å². The van der Waals surface area contributed by atoms with Gasteiger partial charge in [-0.1, -0.05) is 26.0 Å². The first-order valence-corrected chi connectivity index (χ1v) is 7.19. The van der Waals surface area contributed by atoms with E-state index in [1.807, 2.05) is 17.0 Å². The van der Waals surface area contributed by atoms with Crippen LogP contribution in [0.3, 0.4) is 0 Å². The van der Waals surface area contributed by atoms with Crippen LogP contribution in [0.25, 0.3) is 0 Å². The second kappa shape index (κ2) is 6.09. The molecular weight excluding hydrogens is 236 g/mol. The molecule has 1 amide bonds. The quantitative estimate of drug-likeness (QED) is 0.849. The molecule has 0 spiro atoms. The molecule has 3 nitrogen and oxygen atoms in total. The SMILES string of the molecule is CC(C)CC(=O)N1CCC(c2ccc(N)cc2)CC1. The summed E-state index contributed by atoms with van der Waals surface area (Å²) in [5.41, 5.74) is 7.88. The number of anilines is 1. The Morgan fingerprint density at radius 3 is 2.37 bits per heavy atom. The number of hydrogen-bond donors (Lipinski definition) is 1. The minimum absolute atomic E-state index is 0.311. The van der Waals surface area contributed by atoms with Crippen LogP contribution in [-0.2, 0) is 4.79 Å². The van der Waals surface area contributed by atoms with Gasteiger partial charge in [-0.3, -0.25) is 4.79 Å². The monoisotopic (exact) mass is 260 g/mol. The molecule has 1 aliphatic rings. The summed E-state index contributed by atoms with van der Waals surface area (Å²) in [5.74, 6) is 1.33. The van der Waals surface area contributed by atoms with Gasteiger partial charge in [0.1, 0.15) is 0 Å². The van der Waals surface area contributed by atoms with Gasteiger partial charge >= 0.3 is 0 Å². The van der Waals surface area contributed by atoms with E-state index in [4.69, 9.17) is 5.73 Å². The summed E-state index contributed by atoms with van der Waals surface area (Å²) >= 11 is 0. The Kier molecular flexibility index (Phi) is 4.46. The lowest BCUT2D eigenvalue weighted by molar-refractivity contribution is -0.133. The first-order valence-electron chi connectivity index (χ1n) is 7.19. The van der Waals surface area contributed by atoms with Crippen molar-refractivity contribution in [3.8, 4) is 0 Å². The molecular formula is C16H24N2O. The molecule has 1 heterocycles. The molecule has 104 valence electrons. The average molecular weight is 260 g/mol. The predicted octanol–water partition coefficient (Wildman–Crippen LogP) is 3.02. The average Bonchev–Trinajstić information content (AvgIpc) is 2.39. The summed E-state index contributed by atoms with van der Waals surface area (Å²) in [6, 6.07) is 8.16. The third-order valence-electron chi connectivity index (χ3n) is 3.84. The lowest BCUT2D eigenvalue weighted by atomic mass is 9.89. The van der Waals surface area contributed by atoms with E-state index < -0.39 is 0 Å². The number of carbonyl (C=O) groups excluding carboxylic acids is 1. The zero-order valence-electron chi connectivity index (χ0n) is 11.9. The summed E-state index contributed by atoms with van der Waals surface area (Å²) in [5, 5.41) is 0. The Bertz CT molecular complexity index is 417. The van der Waals surface area contributed by atoms with E-state index in [-0.39, 0.29) is 0 Å². The van der Waals surface area contributed by atoms with Crippen molar-refractivity contribution in [1.82, 2.24) is 4.90 Å². The van der Waals surface area contributed by atoms with E-state index in [2.05, 4.69) is 26.0 Å². The molecule has 1 saturated heterocycles. The van der Waals surface area contributed by atoms with Gasteiger partial charge in [0.2, 0.25) is 5.91 Å². The van der Waals surface area contributed by atoms with Crippen molar-refractivity contribution >= 4 is 11.6 Å². The molecule has 3 heteroatoms. The minimum atomic E-state index is 0.311. The topological polar surface area (TPSA) is 46.3 Å². The van der Waals surface area contributed by atoms with Crippen LogP contribution < -0.4 is 5.73 Å². The van der Waals surface area contributed by atoms with Gasteiger partial charge in [-0.15, -0.1) is 0 Å². The van der Waals surface area contributed by atoms with Crippen LogP contribution in [0.15, 0.2) is 24.3 Å². The first kappa shape index (κ1) is 13.9. The fraction of sp³-hybridized carbons (Fsp3) is 0.562. The molecule has 0 aliphatic carbocycles. The van der Waals surface area contributed by atoms with Crippen LogP contribution in [-0.4, -0.2) is 23.9 Å². The first-order chi connectivity index (χ1) is 9.06. The zero-order valence-corrected chi connectivity index (χ0v) is 11.9. The maximum atomic E-state index is 12.0. The van der Waals surface area contributed by atoms with Gasteiger partial charge in [-0.05, 0) is 42.4 Å². The molecule has 0 saturated carbocycles. The number of benzene rings is 1. The zero-order chi connectivity index (χ0) is 13.8. The fourth-order valence-electron chi connectivity index (χ4n) is 2.71. The van der Waals surface area contributed by atoms with E-state index in [0.29, 0.717) is 24.2 Å². The standard InChI is InChI=1S/C16H24N2O/c1-12(2)11-16(19)18-9-7-14(8-10-18)13-3-5-15(17)6-4-13/h3-6,12,14H,7-11,17H2,1-2H3. The summed E-state index contributed by atoms with van der Waals surface area (Å²) in [7, 11) is 0. The summed E-state index contributed by atoms with van der Waals surface area (Å²) in [6.45, 7) is 5.97. The largest absolute Gasteiger partial charge is 0.399 e. The highest BCUT2D eigenvalue weighted by Gasteiger charge is 2.23. The second-order valence-corrected chi connectivity index (χ2v) is 5.92. The molecule has 0 aromatic heterocycles. The molecule has 19 heavy (non-hydrogen) atoms. The minimum Gasteiger partial charge on any atom is -0.399 e. The fourth-order valence-corrected chi connectivity index (χ4v) is 2.71. The molecule has 1 aliphatic heterocycles. The molecule has 0 unspecified atom stereocenters. The van der Waals surface area contributed by atoms with Crippen LogP contribution in [0.2, 0.25) is 0 Å². The highest BCUT2D eigenvalue weighted by molar-refractivity contribution is 5.76. The van der Waals surface area contributed by atoms with Gasteiger partial charge < -0.3 is 10.6 Å². The summed E-state index contributed by atoms with van der Waals surface area (Å²) in [4.78, 5) is 14.0. The van der Waals surface area contributed by atoms with Crippen LogP contribution >= 0.6 is 0 Å².